The van der Waals surface area contributed by atoms with Gasteiger partial charge in [-0.1, -0.05) is 72.3 Å². The topological polar surface area (TPSA) is 23.1 Å². The Hall–Kier alpha value is -1.86. The number of rotatable bonds is 3. The van der Waals surface area contributed by atoms with E-state index in [1.807, 2.05) is 48.5 Å². The molecule has 1 nitrogen and oxygen atoms in total. The zero-order valence-corrected chi connectivity index (χ0v) is 8.97. The number of hydrogen-bond donors (Lipinski definition) is 0. The van der Waals surface area contributed by atoms with Crippen LogP contribution in [0.1, 0.15) is 16.7 Å². The molecule has 0 amide bonds. The molecule has 0 radical (unpaired) electrons. The highest BCUT2D eigenvalue weighted by Crippen LogP contribution is 2.09. The summed E-state index contributed by atoms with van der Waals surface area (Å²) in [6.45, 7) is -0.150. The van der Waals surface area contributed by atoms with Crippen LogP contribution in [0.3, 0.4) is 0 Å². The maximum atomic E-state index is 10.6. The Balaban J connectivity index is 2.12. The van der Waals surface area contributed by atoms with E-state index < -0.39 is 0 Å². The summed E-state index contributed by atoms with van der Waals surface area (Å²) in [4.78, 5) is 0. The van der Waals surface area contributed by atoms with Gasteiger partial charge in [-0.15, -0.1) is 6.61 Å². The van der Waals surface area contributed by atoms with Crippen LogP contribution in [-0.2, 0) is 6.61 Å². The van der Waals surface area contributed by atoms with Crippen LogP contribution in [0, 0.1) is 0 Å². The Labute approximate surface area is 95.7 Å². The Kier molecular flexibility index (Phi) is 3.52. The second-order valence-corrected chi connectivity index (χ2v) is 3.63. The lowest BCUT2D eigenvalue weighted by molar-refractivity contribution is -0.386. The fourth-order valence-electron chi connectivity index (χ4n) is 1.48. The molecule has 2 aromatic rings. The molecule has 0 fully saturated rings. The van der Waals surface area contributed by atoms with E-state index in [9.17, 15) is 5.11 Å². The van der Waals surface area contributed by atoms with Crippen molar-refractivity contribution in [1.29, 1.82) is 0 Å². The summed E-state index contributed by atoms with van der Waals surface area (Å²) < 4.78 is 0. The van der Waals surface area contributed by atoms with Crippen LogP contribution in [0.25, 0.3) is 12.2 Å². The van der Waals surface area contributed by atoms with Crippen molar-refractivity contribution < 1.29 is 5.11 Å². The molecule has 1 heteroatoms. The Bertz CT molecular complexity index is 455. The molecule has 2 rings (SSSR count). The highest BCUT2D eigenvalue weighted by Gasteiger charge is 1.87. The van der Waals surface area contributed by atoms with Gasteiger partial charge in [-0.25, -0.2) is 0 Å². The fraction of sp³-hybridized carbons (Fsp3) is 0.0667. The molecule has 16 heavy (non-hydrogen) atoms. The third kappa shape index (κ3) is 2.81. The second kappa shape index (κ2) is 5.29. The SMILES string of the molecule is [O-]Cc1ccc(/C=C/c2ccccc2)cc1. The van der Waals surface area contributed by atoms with E-state index in [-0.39, 0.29) is 6.61 Å². The molecule has 0 spiro atoms. The summed E-state index contributed by atoms with van der Waals surface area (Å²) in [6.07, 6.45) is 4.11. The molecule has 0 aliphatic rings. The summed E-state index contributed by atoms with van der Waals surface area (Å²) in [7, 11) is 0. The average molecular weight is 209 g/mol. The van der Waals surface area contributed by atoms with Crippen LogP contribution in [0.4, 0.5) is 0 Å². The van der Waals surface area contributed by atoms with E-state index in [0.717, 1.165) is 11.1 Å². The first-order chi connectivity index (χ1) is 7.88. The molecule has 0 unspecified atom stereocenters. The van der Waals surface area contributed by atoms with Crippen LogP contribution in [-0.4, -0.2) is 0 Å². The molecule has 0 heterocycles. The number of benzene rings is 2. The third-order valence-corrected chi connectivity index (χ3v) is 2.41. The molecule has 80 valence electrons. The van der Waals surface area contributed by atoms with Crippen molar-refractivity contribution in [3.63, 3.8) is 0 Å². The van der Waals surface area contributed by atoms with Gasteiger partial charge in [-0.05, 0) is 11.1 Å². The van der Waals surface area contributed by atoms with Crippen molar-refractivity contribution in [2.45, 2.75) is 6.61 Å². The van der Waals surface area contributed by atoms with Gasteiger partial charge in [0.05, 0.1) is 0 Å². The van der Waals surface area contributed by atoms with Crippen molar-refractivity contribution in [3.05, 3.63) is 71.3 Å². The number of hydrogen-bond acceptors (Lipinski definition) is 1. The van der Waals surface area contributed by atoms with Gasteiger partial charge >= 0.3 is 0 Å². The van der Waals surface area contributed by atoms with Crippen LogP contribution < -0.4 is 5.11 Å². The zero-order valence-electron chi connectivity index (χ0n) is 8.97. The molecular weight excluding hydrogens is 196 g/mol. The quantitative estimate of drug-likeness (QED) is 0.713. The van der Waals surface area contributed by atoms with Crippen molar-refractivity contribution in [3.8, 4) is 0 Å². The van der Waals surface area contributed by atoms with E-state index in [0.29, 0.717) is 0 Å². The minimum atomic E-state index is -0.150. The van der Waals surface area contributed by atoms with Crippen molar-refractivity contribution in [2.24, 2.45) is 0 Å². The maximum absolute atomic E-state index is 10.6. The van der Waals surface area contributed by atoms with Gasteiger partial charge in [0.1, 0.15) is 0 Å². The Morgan fingerprint density at radius 1 is 0.750 bits per heavy atom. The summed E-state index contributed by atoms with van der Waals surface area (Å²) >= 11 is 0. The first-order valence-electron chi connectivity index (χ1n) is 5.28. The Morgan fingerprint density at radius 2 is 1.31 bits per heavy atom. The van der Waals surface area contributed by atoms with E-state index in [1.54, 1.807) is 0 Å². The molecule has 0 aliphatic carbocycles. The van der Waals surface area contributed by atoms with Crippen LogP contribution in [0.5, 0.6) is 0 Å². The monoisotopic (exact) mass is 209 g/mol. The minimum absolute atomic E-state index is 0.150. The zero-order chi connectivity index (χ0) is 11.2. The minimum Gasteiger partial charge on any atom is -0.851 e. The predicted octanol–water partition coefficient (Wildman–Crippen LogP) is 2.72. The molecular formula is C15H13O-. The molecule has 0 saturated carbocycles. The summed E-state index contributed by atoms with van der Waals surface area (Å²) in [6, 6.07) is 17.8. The van der Waals surface area contributed by atoms with Gasteiger partial charge in [0.25, 0.3) is 0 Å². The fourth-order valence-corrected chi connectivity index (χ4v) is 1.48. The molecule has 2 aromatic carbocycles. The lowest BCUT2D eigenvalue weighted by Gasteiger charge is -2.03. The van der Waals surface area contributed by atoms with E-state index in [1.165, 1.54) is 5.56 Å². The molecule has 0 N–H and O–H groups in total. The van der Waals surface area contributed by atoms with Crippen molar-refractivity contribution in [2.75, 3.05) is 0 Å². The molecule has 0 aliphatic heterocycles. The van der Waals surface area contributed by atoms with Gasteiger partial charge in [0, 0.05) is 0 Å². The van der Waals surface area contributed by atoms with Crippen LogP contribution in [0.2, 0.25) is 0 Å². The summed E-state index contributed by atoms with van der Waals surface area (Å²) in [5, 5.41) is 10.6. The lowest BCUT2D eigenvalue weighted by atomic mass is 10.1. The molecule has 0 aromatic heterocycles. The molecule has 0 bridgehead atoms. The summed E-state index contributed by atoms with van der Waals surface area (Å²) in [5.74, 6) is 0. The van der Waals surface area contributed by atoms with Crippen molar-refractivity contribution >= 4 is 12.2 Å². The van der Waals surface area contributed by atoms with E-state index in [4.69, 9.17) is 0 Å². The van der Waals surface area contributed by atoms with Crippen LogP contribution in [0.15, 0.2) is 54.6 Å². The summed E-state index contributed by atoms with van der Waals surface area (Å²) in [5.41, 5.74) is 3.12. The second-order valence-electron chi connectivity index (χ2n) is 3.63. The maximum Gasteiger partial charge on any atom is -0.0256 e. The largest absolute Gasteiger partial charge is 0.851 e. The lowest BCUT2D eigenvalue weighted by Crippen LogP contribution is -2.01. The predicted molar refractivity (Wildman–Crippen MR) is 65.5 cm³/mol. The molecule has 0 atom stereocenters. The first kappa shape index (κ1) is 10.7. The van der Waals surface area contributed by atoms with E-state index >= 15 is 0 Å². The van der Waals surface area contributed by atoms with Gasteiger partial charge in [0.2, 0.25) is 0 Å². The van der Waals surface area contributed by atoms with Crippen LogP contribution >= 0.6 is 0 Å². The Morgan fingerprint density at radius 3 is 1.88 bits per heavy atom. The van der Waals surface area contributed by atoms with Gasteiger partial charge in [-0.2, -0.15) is 0 Å². The van der Waals surface area contributed by atoms with Gasteiger partial charge in [-0.3, -0.25) is 0 Å². The highest BCUT2D eigenvalue weighted by molar-refractivity contribution is 5.69. The van der Waals surface area contributed by atoms with Gasteiger partial charge < -0.3 is 5.11 Å². The van der Waals surface area contributed by atoms with E-state index in [2.05, 4.69) is 18.2 Å². The highest BCUT2D eigenvalue weighted by atomic mass is 16.3. The smallest absolute Gasteiger partial charge is 0.0256 e. The normalized spacial score (nSPS) is 10.8. The molecule has 0 saturated heterocycles. The first-order valence-corrected chi connectivity index (χ1v) is 5.28. The standard InChI is InChI=1S/C15H13O/c16-12-15-10-8-14(9-11-15)7-6-13-4-2-1-3-5-13/h1-11H,12H2/q-1/b7-6+. The average Bonchev–Trinajstić information content (AvgIpc) is 2.38. The third-order valence-electron chi connectivity index (χ3n) is 2.41. The van der Waals surface area contributed by atoms with Crippen molar-refractivity contribution in [1.82, 2.24) is 0 Å². The van der Waals surface area contributed by atoms with Gasteiger partial charge in [0.15, 0.2) is 0 Å².